The van der Waals surface area contributed by atoms with Crippen LogP contribution in [0.1, 0.15) is 39.5 Å². The number of aliphatic hydroxyl groups excluding tert-OH is 1. The van der Waals surface area contributed by atoms with Crippen LogP contribution in [-0.2, 0) is 6.42 Å². The lowest BCUT2D eigenvalue weighted by atomic mass is 9.87. The van der Waals surface area contributed by atoms with Crippen LogP contribution in [0.25, 0.3) is 16.5 Å². The van der Waals surface area contributed by atoms with Crippen molar-refractivity contribution in [2.45, 2.75) is 33.3 Å². The number of ketones is 1. The van der Waals surface area contributed by atoms with Crippen LogP contribution >= 0.6 is 0 Å². The van der Waals surface area contributed by atoms with E-state index in [1.54, 1.807) is 37.5 Å². The van der Waals surface area contributed by atoms with Gasteiger partial charge in [0.25, 0.3) is 0 Å². The van der Waals surface area contributed by atoms with Crippen molar-refractivity contribution in [1.29, 1.82) is 0 Å². The first-order valence-electron chi connectivity index (χ1n) is 14.0. The van der Waals surface area contributed by atoms with Gasteiger partial charge in [-0.05, 0) is 74.2 Å². The molecule has 1 aliphatic rings. The number of allylic oxidation sites excluding steroid dienone is 2. The maximum absolute atomic E-state index is 15.4. The molecule has 0 amide bonds. The van der Waals surface area contributed by atoms with E-state index in [1.165, 1.54) is 12.1 Å². The molecule has 1 aliphatic carbocycles. The Morgan fingerprint density at radius 1 is 0.953 bits per heavy atom. The molecule has 8 heteroatoms. The fraction of sp³-hybridized carbons (Fsp3) is 0.171. The highest BCUT2D eigenvalue weighted by Gasteiger charge is 2.26. The number of carbonyl (C=O) groups is 1. The third-order valence-corrected chi connectivity index (χ3v) is 7.29. The number of nitrogens with zero attached hydrogens (tertiary/aromatic N) is 2. The van der Waals surface area contributed by atoms with Crippen molar-refractivity contribution in [2.24, 2.45) is 0 Å². The monoisotopic (exact) mass is 575 g/mol. The number of nitrogens with one attached hydrogen (secondary N) is 1. The van der Waals surface area contributed by atoms with Gasteiger partial charge in [-0.1, -0.05) is 35.9 Å². The number of aromatic nitrogens is 2. The third kappa shape index (κ3) is 5.82. The number of benzene rings is 3. The van der Waals surface area contributed by atoms with Gasteiger partial charge in [0.2, 0.25) is 0 Å². The molecule has 0 saturated heterocycles. The first-order valence-corrected chi connectivity index (χ1v) is 14.0. The molecule has 6 rings (SSSR count). The van der Waals surface area contributed by atoms with Gasteiger partial charge in [-0.2, -0.15) is 0 Å². The summed E-state index contributed by atoms with van der Waals surface area (Å²) >= 11 is 0. The molecule has 43 heavy (non-hydrogen) atoms. The van der Waals surface area contributed by atoms with Gasteiger partial charge in [0, 0.05) is 41.2 Å². The van der Waals surface area contributed by atoms with Crippen molar-refractivity contribution in [3.63, 3.8) is 0 Å². The second kappa shape index (κ2) is 11.7. The molecule has 0 saturated carbocycles. The molecule has 2 N–H and O–H groups in total. The second-order valence-corrected chi connectivity index (χ2v) is 10.7. The Kier molecular flexibility index (Phi) is 7.61. The van der Waals surface area contributed by atoms with Gasteiger partial charge in [0.05, 0.1) is 17.2 Å². The standard InChI is InChI=1S/C35H30FN3O4/c1-20-4-6-23(7-5-20)26-10-8-24-12-14-38-35(33(24)34(26)41)39-25-9-11-31(28(36)17-25)43-30-13-15-37-29-18-32(42-19-22(3)40)21(2)16-27(29)30/h4-7,9-18,22,40H,8,19H2,1-3H3,(H,38,39). The van der Waals surface area contributed by atoms with E-state index in [2.05, 4.69) is 15.3 Å². The number of hydrogen-bond acceptors (Lipinski definition) is 7. The predicted octanol–water partition coefficient (Wildman–Crippen LogP) is 7.50. The first kappa shape index (κ1) is 28.1. The van der Waals surface area contributed by atoms with Crippen LogP contribution < -0.4 is 14.8 Å². The summed E-state index contributed by atoms with van der Waals surface area (Å²) < 4.78 is 27.1. The van der Waals surface area contributed by atoms with E-state index >= 15 is 4.39 Å². The van der Waals surface area contributed by atoms with Crippen molar-refractivity contribution >= 4 is 33.8 Å². The number of halogens is 1. The fourth-order valence-corrected chi connectivity index (χ4v) is 5.07. The minimum Gasteiger partial charge on any atom is -0.491 e. The average Bonchev–Trinajstić information content (AvgIpc) is 2.98. The minimum atomic E-state index is -0.602. The van der Waals surface area contributed by atoms with Crippen LogP contribution in [0.4, 0.5) is 15.9 Å². The summed E-state index contributed by atoms with van der Waals surface area (Å²) in [6.45, 7) is 5.70. The summed E-state index contributed by atoms with van der Waals surface area (Å²) in [5.41, 5.74) is 5.82. The summed E-state index contributed by atoms with van der Waals surface area (Å²) in [5.74, 6) is 0.748. The Labute approximate surface area is 248 Å². The molecule has 0 bridgehead atoms. The van der Waals surface area contributed by atoms with Crippen molar-refractivity contribution in [2.75, 3.05) is 11.9 Å². The van der Waals surface area contributed by atoms with E-state index in [1.807, 2.05) is 56.3 Å². The molecule has 0 spiro atoms. The molecule has 2 heterocycles. The van der Waals surface area contributed by atoms with Gasteiger partial charge in [-0.15, -0.1) is 0 Å². The molecule has 216 valence electrons. The lowest BCUT2D eigenvalue weighted by Gasteiger charge is -2.20. The minimum absolute atomic E-state index is 0.0360. The molecule has 2 aromatic heterocycles. The zero-order valence-corrected chi connectivity index (χ0v) is 24.0. The van der Waals surface area contributed by atoms with Crippen LogP contribution in [0.15, 0.2) is 85.2 Å². The number of pyridine rings is 2. The van der Waals surface area contributed by atoms with Crippen LogP contribution in [0.5, 0.6) is 17.2 Å². The molecule has 1 unspecified atom stereocenters. The Bertz CT molecular complexity index is 1880. The number of carbonyl (C=O) groups excluding carboxylic acids is 1. The van der Waals surface area contributed by atoms with Crippen LogP contribution in [0.3, 0.4) is 0 Å². The average molecular weight is 576 g/mol. The second-order valence-electron chi connectivity index (χ2n) is 10.7. The Hall–Kier alpha value is -5.08. The molecular weight excluding hydrogens is 545 g/mol. The van der Waals surface area contributed by atoms with Gasteiger partial charge >= 0.3 is 0 Å². The van der Waals surface area contributed by atoms with Gasteiger partial charge < -0.3 is 19.9 Å². The van der Waals surface area contributed by atoms with Gasteiger partial charge in [0.1, 0.15) is 23.9 Å². The SMILES string of the molecule is Cc1ccc(C2=CCc3ccnc(Nc4ccc(Oc5ccnc6cc(OCC(C)O)c(C)cc56)c(F)c4)c3C2=O)cc1. The van der Waals surface area contributed by atoms with Gasteiger partial charge in [-0.3, -0.25) is 9.78 Å². The number of aryl methyl sites for hydroxylation is 2. The fourth-order valence-electron chi connectivity index (χ4n) is 5.07. The highest BCUT2D eigenvalue weighted by atomic mass is 19.1. The van der Waals surface area contributed by atoms with E-state index in [0.717, 1.165) is 22.3 Å². The van der Waals surface area contributed by atoms with Crippen molar-refractivity contribution in [3.05, 3.63) is 119 Å². The summed E-state index contributed by atoms with van der Waals surface area (Å²) in [6.07, 6.45) is 5.16. The third-order valence-electron chi connectivity index (χ3n) is 7.29. The number of aliphatic hydroxyl groups is 1. The molecule has 0 radical (unpaired) electrons. The van der Waals surface area contributed by atoms with Crippen molar-refractivity contribution < 1.29 is 23.8 Å². The Morgan fingerprint density at radius 2 is 1.74 bits per heavy atom. The maximum atomic E-state index is 15.4. The van der Waals surface area contributed by atoms with Crippen LogP contribution in [0.2, 0.25) is 0 Å². The summed E-state index contributed by atoms with van der Waals surface area (Å²) in [4.78, 5) is 22.4. The Balaban J connectivity index is 1.24. The highest BCUT2D eigenvalue weighted by Crippen LogP contribution is 2.36. The van der Waals surface area contributed by atoms with Crippen molar-refractivity contribution in [1.82, 2.24) is 9.97 Å². The topological polar surface area (TPSA) is 93.6 Å². The largest absolute Gasteiger partial charge is 0.491 e. The van der Waals surface area contributed by atoms with E-state index < -0.39 is 11.9 Å². The molecule has 7 nitrogen and oxygen atoms in total. The molecule has 0 aliphatic heterocycles. The van der Waals surface area contributed by atoms with Crippen LogP contribution in [0, 0.1) is 19.7 Å². The van der Waals surface area contributed by atoms with Crippen LogP contribution in [-0.4, -0.2) is 33.6 Å². The maximum Gasteiger partial charge on any atom is 0.197 e. The normalized spacial score (nSPS) is 13.3. The molecular formula is C35H30FN3O4. The smallest absolute Gasteiger partial charge is 0.197 e. The van der Waals surface area contributed by atoms with Gasteiger partial charge in [-0.25, -0.2) is 9.37 Å². The number of anilines is 2. The predicted molar refractivity (Wildman–Crippen MR) is 165 cm³/mol. The van der Waals surface area contributed by atoms with E-state index in [9.17, 15) is 9.90 Å². The molecule has 5 aromatic rings. The zero-order valence-electron chi connectivity index (χ0n) is 24.0. The first-order chi connectivity index (χ1) is 20.8. The number of ether oxygens (including phenoxy) is 2. The number of fused-ring (bicyclic) bond motifs is 2. The highest BCUT2D eigenvalue weighted by molar-refractivity contribution is 6.32. The number of rotatable bonds is 8. The number of Topliss-reactive ketones (excluding diaryl/α,β-unsaturated/α-hetero) is 1. The summed E-state index contributed by atoms with van der Waals surface area (Å²) in [5, 5.41) is 13.4. The van der Waals surface area contributed by atoms with E-state index in [-0.39, 0.29) is 18.1 Å². The quantitative estimate of drug-likeness (QED) is 0.198. The molecule has 3 aromatic carbocycles. The molecule has 0 fully saturated rings. The van der Waals surface area contributed by atoms with E-state index in [0.29, 0.717) is 51.5 Å². The lowest BCUT2D eigenvalue weighted by Crippen LogP contribution is -2.15. The number of hydrogen-bond donors (Lipinski definition) is 2. The summed E-state index contributed by atoms with van der Waals surface area (Å²) in [7, 11) is 0. The lowest BCUT2D eigenvalue weighted by molar-refractivity contribution is 0.105. The van der Waals surface area contributed by atoms with Gasteiger partial charge in [0.15, 0.2) is 17.3 Å². The summed E-state index contributed by atoms with van der Waals surface area (Å²) in [6, 6.07) is 19.5. The van der Waals surface area contributed by atoms with E-state index in [4.69, 9.17) is 9.47 Å². The molecule has 1 atom stereocenters. The Morgan fingerprint density at radius 3 is 2.51 bits per heavy atom. The zero-order chi connectivity index (χ0) is 30.1. The van der Waals surface area contributed by atoms with Crippen molar-refractivity contribution in [3.8, 4) is 17.2 Å².